The number of hydrogen-bond donors (Lipinski definition) is 1. The molecule has 3 nitrogen and oxygen atoms in total. The summed E-state index contributed by atoms with van der Waals surface area (Å²) in [6, 6.07) is 15.8. The molecule has 0 amide bonds. The van der Waals surface area contributed by atoms with E-state index in [0.717, 1.165) is 43.8 Å². The van der Waals surface area contributed by atoms with Crippen molar-refractivity contribution in [1.82, 2.24) is 10.2 Å². The van der Waals surface area contributed by atoms with Crippen LogP contribution in [0, 0.1) is 5.82 Å². The molecule has 4 heteroatoms. The van der Waals surface area contributed by atoms with E-state index in [1.54, 1.807) is 19.2 Å². The van der Waals surface area contributed by atoms with Crippen molar-refractivity contribution in [2.45, 2.75) is 38.4 Å². The van der Waals surface area contributed by atoms with Crippen LogP contribution >= 0.6 is 0 Å². The first-order chi connectivity index (χ1) is 12.2. The second-order valence-corrected chi connectivity index (χ2v) is 6.81. The Balaban J connectivity index is 1.53. The molecule has 25 heavy (non-hydrogen) atoms. The van der Waals surface area contributed by atoms with Crippen molar-refractivity contribution in [3.8, 4) is 5.75 Å². The minimum atomic E-state index is -0.220. The summed E-state index contributed by atoms with van der Waals surface area (Å²) >= 11 is 0. The van der Waals surface area contributed by atoms with Gasteiger partial charge in [0, 0.05) is 24.2 Å². The van der Waals surface area contributed by atoms with Crippen LogP contribution in [0.1, 0.15) is 36.9 Å². The number of methoxy groups -OCH3 is 1. The average molecular weight is 342 g/mol. The number of nitrogens with one attached hydrogen (secondary N) is 1. The van der Waals surface area contributed by atoms with Crippen LogP contribution in [0.5, 0.6) is 5.75 Å². The maximum atomic E-state index is 13.6. The maximum absolute atomic E-state index is 13.6. The van der Waals surface area contributed by atoms with Crippen molar-refractivity contribution in [2.24, 2.45) is 0 Å². The highest BCUT2D eigenvalue weighted by Crippen LogP contribution is 2.27. The number of halogens is 1. The Morgan fingerprint density at radius 1 is 1.16 bits per heavy atom. The summed E-state index contributed by atoms with van der Waals surface area (Å²) in [4.78, 5) is 2.50. The highest BCUT2D eigenvalue weighted by atomic mass is 19.1. The lowest BCUT2D eigenvalue weighted by Gasteiger charge is -2.34. The molecule has 1 unspecified atom stereocenters. The molecule has 1 fully saturated rings. The fraction of sp³-hybridized carbons (Fsp3) is 0.429. The molecule has 1 atom stereocenters. The van der Waals surface area contributed by atoms with E-state index in [0.29, 0.717) is 6.04 Å². The Morgan fingerprint density at radius 3 is 2.56 bits per heavy atom. The van der Waals surface area contributed by atoms with Crippen molar-refractivity contribution >= 4 is 0 Å². The van der Waals surface area contributed by atoms with E-state index in [1.807, 2.05) is 0 Å². The summed E-state index contributed by atoms with van der Waals surface area (Å²) in [5.74, 6) is 0.519. The molecule has 2 aromatic rings. The molecule has 1 N–H and O–H groups in total. The van der Waals surface area contributed by atoms with Gasteiger partial charge in [0.1, 0.15) is 11.6 Å². The number of ether oxygens (including phenoxy) is 1. The normalized spacial score (nSPS) is 17.4. The Morgan fingerprint density at radius 2 is 1.88 bits per heavy atom. The van der Waals surface area contributed by atoms with E-state index in [4.69, 9.17) is 4.74 Å². The Bertz CT molecular complexity index is 669. The lowest BCUT2D eigenvalue weighted by molar-refractivity contribution is 0.185. The quantitative estimate of drug-likeness (QED) is 0.853. The summed E-state index contributed by atoms with van der Waals surface area (Å²) in [6.07, 6.45) is 2.21. The van der Waals surface area contributed by atoms with Gasteiger partial charge < -0.3 is 10.1 Å². The molecular weight excluding hydrogens is 315 g/mol. The van der Waals surface area contributed by atoms with Crippen LogP contribution in [-0.2, 0) is 6.54 Å². The van der Waals surface area contributed by atoms with Crippen LogP contribution in [-0.4, -0.2) is 31.1 Å². The standard InChI is InChI=1S/C21H27FN2O/c1-16(20-14-18(22)8-9-21(20)25-2)23-19-10-12-24(13-11-19)15-17-6-4-3-5-7-17/h3-9,14,16,19,23H,10-13,15H2,1-2H3. The minimum absolute atomic E-state index is 0.0660. The molecule has 0 aliphatic carbocycles. The fourth-order valence-electron chi connectivity index (χ4n) is 3.59. The van der Waals surface area contributed by atoms with Crippen molar-refractivity contribution in [1.29, 1.82) is 0 Å². The predicted octanol–water partition coefficient (Wildman–Crippen LogP) is 4.15. The molecular formula is C21H27FN2O. The van der Waals surface area contributed by atoms with Crippen molar-refractivity contribution in [3.05, 3.63) is 65.5 Å². The third-order valence-electron chi connectivity index (χ3n) is 4.98. The van der Waals surface area contributed by atoms with Crippen molar-refractivity contribution in [2.75, 3.05) is 20.2 Å². The summed E-state index contributed by atoms with van der Waals surface area (Å²) in [6.45, 7) is 5.26. The minimum Gasteiger partial charge on any atom is -0.496 e. The van der Waals surface area contributed by atoms with Crippen LogP contribution in [0.2, 0.25) is 0 Å². The highest BCUT2D eigenvalue weighted by Gasteiger charge is 2.22. The van der Waals surface area contributed by atoms with E-state index < -0.39 is 0 Å². The van der Waals surface area contributed by atoms with Gasteiger partial charge >= 0.3 is 0 Å². The van der Waals surface area contributed by atoms with Gasteiger partial charge in [0.25, 0.3) is 0 Å². The molecule has 134 valence electrons. The molecule has 1 heterocycles. The van der Waals surface area contributed by atoms with Gasteiger partial charge in [-0.05, 0) is 56.6 Å². The Hall–Kier alpha value is -1.91. The highest BCUT2D eigenvalue weighted by molar-refractivity contribution is 5.36. The lowest BCUT2D eigenvalue weighted by Crippen LogP contribution is -2.43. The molecule has 2 aromatic carbocycles. The topological polar surface area (TPSA) is 24.5 Å². The number of piperidine rings is 1. The molecule has 1 aliphatic heterocycles. The van der Waals surface area contributed by atoms with Gasteiger partial charge in [0.2, 0.25) is 0 Å². The van der Waals surface area contributed by atoms with E-state index in [-0.39, 0.29) is 11.9 Å². The summed E-state index contributed by atoms with van der Waals surface area (Å²) in [7, 11) is 1.63. The van der Waals surface area contributed by atoms with E-state index in [1.165, 1.54) is 11.6 Å². The van der Waals surface area contributed by atoms with Gasteiger partial charge in [-0.3, -0.25) is 4.90 Å². The average Bonchev–Trinajstić information content (AvgIpc) is 2.64. The van der Waals surface area contributed by atoms with E-state index >= 15 is 0 Å². The zero-order valence-corrected chi connectivity index (χ0v) is 15.0. The predicted molar refractivity (Wildman–Crippen MR) is 99.2 cm³/mol. The number of benzene rings is 2. The molecule has 0 saturated carbocycles. The monoisotopic (exact) mass is 342 g/mol. The van der Waals surface area contributed by atoms with Crippen LogP contribution in [0.25, 0.3) is 0 Å². The Kier molecular flexibility index (Phi) is 6.05. The first kappa shape index (κ1) is 17.9. The lowest BCUT2D eigenvalue weighted by atomic mass is 10.0. The summed E-state index contributed by atoms with van der Waals surface area (Å²) < 4.78 is 19.0. The summed E-state index contributed by atoms with van der Waals surface area (Å²) in [5, 5.41) is 3.65. The van der Waals surface area contributed by atoms with Gasteiger partial charge in [-0.2, -0.15) is 0 Å². The van der Waals surface area contributed by atoms with Gasteiger partial charge in [0.05, 0.1) is 7.11 Å². The van der Waals surface area contributed by atoms with Gasteiger partial charge in [-0.15, -0.1) is 0 Å². The molecule has 0 bridgehead atoms. The Labute approximate surface area is 149 Å². The van der Waals surface area contributed by atoms with Gasteiger partial charge in [-0.25, -0.2) is 4.39 Å². The largest absolute Gasteiger partial charge is 0.496 e. The smallest absolute Gasteiger partial charge is 0.123 e. The van der Waals surface area contributed by atoms with Crippen LogP contribution in [0.3, 0.4) is 0 Å². The van der Waals surface area contributed by atoms with Gasteiger partial charge in [-0.1, -0.05) is 30.3 Å². The SMILES string of the molecule is COc1ccc(F)cc1C(C)NC1CCN(Cc2ccccc2)CC1. The fourth-order valence-corrected chi connectivity index (χ4v) is 3.59. The second kappa shape index (κ2) is 8.45. The van der Waals surface area contributed by atoms with E-state index in [2.05, 4.69) is 47.5 Å². The molecule has 3 rings (SSSR count). The maximum Gasteiger partial charge on any atom is 0.123 e. The second-order valence-electron chi connectivity index (χ2n) is 6.81. The molecule has 1 saturated heterocycles. The van der Waals surface area contributed by atoms with Crippen molar-refractivity contribution < 1.29 is 9.13 Å². The zero-order chi connectivity index (χ0) is 17.6. The van der Waals surface area contributed by atoms with Gasteiger partial charge in [0.15, 0.2) is 0 Å². The van der Waals surface area contributed by atoms with Crippen LogP contribution in [0.4, 0.5) is 4.39 Å². The number of nitrogens with zero attached hydrogens (tertiary/aromatic N) is 1. The van der Waals surface area contributed by atoms with Crippen LogP contribution < -0.4 is 10.1 Å². The number of likely N-dealkylation sites (tertiary alicyclic amines) is 1. The molecule has 0 spiro atoms. The zero-order valence-electron chi connectivity index (χ0n) is 15.0. The molecule has 1 aliphatic rings. The first-order valence-electron chi connectivity index (χ1n) is 9.01. The first-order valence-corrected chi connectivity index (χ1v) is 9.01. The third kappa shape index (κ3) is 4.80. The van der Waals surface area contributed by atoms with E-state index in [9.17, 15) is 4.39 Å². The van der Waals surface area contributed by atoms with Crippen molar-refractivity contribution in [3.63, 3.8) is 0 Å². The number of rotatable bonds is 6. The molecule has 0 radical (unpaired) electrons. The number of hydrogen-bond acceptors (Lipinski definition) is 3. The summed E-state index contributed by atoms with van der Waals surface area (Å²) in [5.41, 5.74) is 2.25. The third-order valence-corrected chi connectivity index (χ3v) is 4.98. The molecule has 0 aromatic heterocycles. The van der Waals surface area contributed by atoms with Crippen LogP contribution in [0.15, 0.2) is 48.5 Å².